The molecule has 1 aromatic carbocycles. The molecular formula is C17H24BrClN2O. The van der Waals surface area contributed by atoms with Gasteiger partial charge in [-0.1, -0.05) is 28.1 Å². The summed E-state index contributed by atoms with van der Waals surface area (Å²) in [4.78, 5) is 14.5. The van der Waals surface area contributed by atoms with E-state index in [4.69, 9.17) is 0 Å². The summed E-state index contributed by atoms with van der Waals surface area (Å²) in [7, 11) is 0. The molecule has 2 heterocycles. The van der Waals surface area contributed by atoms with Crippen LogP contribution in [0.2, 0.25) is 0 Å². The Kier molecular flexibility index (Phi) is 6.72. The normalized spacial score (nSPS) is 18.5. The Hall–Kier alpha value is -0.580. The van der Waals surface area contributed by atoms with Gasteiger partial charge in [-0.25, -0.2) is 0 Å². The number of hydrogen-bond donors (Lipinski definition) is 1. The molecule has 0 spiro atoms. The van der Waals surface area contributed by atoms with Crippen LogP contribution in [0.25, 0.3) is 0 Å². The second-order valence-electron chi connectivity index (χ2n) is 6.17. The summed E-state index contributed by atoms with van der Waals surface area (Å²) >= 11 is 3.61. The Balaban J connectivity index is 0.00000176. The van der Waals surface area contributed by atoms with Crippen LogP contribution in [0.1, 0.15) is 36.8 Å². The van der Waals surface area contributed by atoms with Gasteiger partial charge in [0.15, 0.2) is 0 Å². The highest BCUT2D eigenvalue weighted by Gasteiger charge is 2.23. The summed E-state index contributed by atoms with van der Waals surface area (Å²) in [5.41, 5.74) is 2.67. The van der Waals surface area contributed by atoms with Gasteiger partial charge in [0.2, 0.25) is 5.91 Å². The summed E-state index contributed by atoms with van der Waals surface area (Å²) in [6.07, 6.45) is 5.19. The molecule has 2 aliphatic rings. The molecule has 0 saturated carbocycles. The van der Waals surface area contributed by atoms with Gasteiger partial charge in [-0.05, 0) is 61.9 Å². The number of rotatable bonds is 3. The van der Waals surface area contributed by atoms with Crippen molar-refractivity contribution in [2.75, 3.05) is 19.6 Å². The van der Waals surface area contributed by atoms with Gasteiger partial charge in [0, 0.05) is 24.0 Å². The fraction of sp³-hybridized carbons (Fsp3) is 0.588. The highest BCUT2D eigenvalue weighted by molar-refractivity contribution is 9.10. The van der Waals surface area contributed by atoms with E-state index in [1.54, 1.807) is 0 Å². The lowest BCUT2D eigenvalue weighted by atomic mass is 9.92. The van der Waals surface area contributed by atoms with Crippen LogP contribution < -0.4 is 5.32 Å². The lowest BCUT2D eigenvalue weighted by Gasteiger charge is -2.30. The van der Waals surface area contributed by atoms with Crippen molar-refractivity contribution in [2.45, 2.75) is 38.6 Å². The fourth-order valence-corrected chi connectivity index (χ4v) is 4.04. The van der Waals surface area contributed by atoms with Gasteiger partial charge in [-0.2, -0.15) is 0 Å². The molecule has 3 rings (SSSR count). The molecule has 0 aromatic heterocycles. The molecule has 0 bridgehead atoms. The minimum atomic E-state index is 0. The largest absolute Gasteiger partial charge is 0.338 e. The monoisotopic (exact) mass is 386 g/mol. The summed E-state index contributed by atoms with van der Waals surface area (Å²) in [5.74, 6) is 1.07. The Morgan fingerprint density at radius 1 is 1.32 bits per heavy atom. The number of nitrogens with one attached hydrogen (secondary N) is 1. The predicted octanol–water partition coefficient (Wildman–Crippen LogP) is 3.54. The van der Waals surface area contributed by atoms with Gasteiger partial charge in [-0.15, -0.1) is 12.4 Å². The van der Waals surface area contributed by atoms with Crippen LogP contribution in [0.5, 0.6) is 0 Å². The molecule has 122 valence electrons. The standard InChI is InChI=1S/C17H23BrN2O.ClH/c18-16-3-1-2-14-12-20(11-8-15(14)16)17(21)5-4-13-6-9-19-10-7-13;/h1-3,13,19H,4-12H2;1H. The Morgan fingerprint density at radius 3 is 2.86 bits per heavy atom. The first-order valence-electron chi connectivity index (χ1n) is 7.99. The molecule has 0 aliphatic carbocycles. The van der Waals surface area contributed by atoms with Crippen LogP contribution in [0, 0.1) is 5.92 Å². The van der Waals surface area contributed by atoms with Crippen LogP contribution >= 0.6 is 28.3 Å². The van der Waals surface area contributed by atoms with Gasteiger partial charge in [0.25, 0.3) is 0 Å². The molecule has 1 fully saturated rings. The van der Waals surface area contributed by atoms with Crippen molar-refractivity contribution in [3.8, 4) is 0 Å². The maximum absolute atomic E-state index is 12.4. The second kappa shape index (κ2) is 8.32. The minimum absolute atomic E-state index is 0. The van der Waals surface area contributed by atoms with Gasteiger partial charge < -0.3 is 10.2 Å². The third kappa shape index (κ3) is 4.24. The number of carbonyl (C=O) groups is 1. The molecule has 0 unspecified atom stereocenters. The average Bonchev–Trinajstić information content (AvgIpc) is 2.53. The number of fused-ring (bicyclic) bond motifs is 1. The van der Waals surface area contributed by atoms with Gasteiger partial charge >= 0.3 is 0 Å². The molecule has 0 radical (unpaired) electrons. The fourth-order valence-electron chi connectivity index (χ4n) is 3.43. The van der Waals surface area contributed by atoms with Crippen molar-refractivity contribution >= 4 is 34.2 Å². The summed E-state index contributed by atoms with van der Waals surface area (Å²) in [5, 5.41) is 3.38. The van der Waals surface area contributed by atoms with Crippen LogP contribution in [-0.2, 0) is 17.8 Å². The van der Waals surface area contributed by atoms with Crippen molar-refractivity contribution in [1.82, 2.24) is 10.2 Å². The average molecular weight is 388 g/mol. The highest BCUT2D eigenvalue weighted by Crippen LogP contribution is 2.27. The lowest BCUT2D eigenvalue weighted by molar-refractivity contribution is -0.132. The third-order valence-corrected chi connectivity index (χ3v) is 5.53. The number of piperidine rings is 1. The molecule has 1 amide bonds. The van der Waals surface area contributed by atoms with Gasteiger partial charge in [-0.3, -0.25) is 4.79 Å². The van der Waals surface area contributed by atoms with E-state index in [0.717, 1.165) is 44.9 Å². The summed E-state index contributed by atoms with van der Waals surface area (Å²) in [6, 6.07) is 6.30. The maximum atomic E-state index is 12.4. The van der Waals surface area contributed by atoms with Crippen molar-refractivity contribution in [3.05, 3.63) is 33.8 Å². The van der Waals surface area contributed by atoms with Crippen molar-refractivity contribution in [3.63, 3.8) is 0 Å². The first-order valence-corrected chi connectivity index (χ1v) is 8.78. The zero-order valence-corrected chi connectivity index (χ0v) is 15.2. The van der Waals surface area contributed by atoms with Crippen molar-refractivity contribution in [2.24, 2.45) is 5.92 Å². The first-order chi connectivity index (χ1) is 10.2. The van der Waals surface area contributed by atoms with E-state index in [-0.39, 0.29) is 12.4 Å². The van der Waals surface area contributed by atoms with E-state index in [1.807, 2.05) is 4.90 Å². The lowest BCUT2D eigenvalue weighted by Crippen LogP contribution is -2.36. The molecule has 1 N–H and O–H groups in total. The van der Waals surface area contributed by atoms with Gasteiger partial charge in [0.05, 0.1) is 0 Å². The number of hydrogen-bond acceptors (Lipinski definition) is 2. The zero-order chi connectivity index (χ0) is 14.7. The van der Waals surface area contributed by atoms with E-state index in [2.05, 4.69) is 39.4 Å². The second-order valence-corrected chi connectivity index (χ2v) is 7.03. The van der Waals surface area contributed by atoms with E-state index in [9.17, 15) is 4.79 Å². The first kappa shape index (κ1) is 17.8. The Labute approximate surface area is 147 Å². The topological polar surface area (TPSA) is 32.3 Å². The third-order valence-electron chi connectivity index (χ3n) is 4.79. The SMILES string of the molecule is Cl.O=C(CCC1CCNCC1)N1CCc2c(Br)cccc2C1. The van der Waals surface area contributed by atoms with E-state index in [0.29, 0.717) is 12.3 Å². The maximum Gasteiger partial charge on any atom is 0.222 e. The molecule has 22 heavy (non-hydrogen) atoms. The van der Waals surface area contributed by atoms with E-state index < -0.39 is 0 Å². The molecule has 1 saturated heterocycles. The molecule has 5 heteroatoms. The molecular weight excluding hydrogens is 364 g/mol. The molecule has 0 atom stereocenters. The molecule has 3 nitrogen and oxygen atoms in total. The van der Waals surface area contributed by atoms with Crippen LogP contribution in [0.3, 0.4) is 0 Å². The highest BCUT2D eigenvalue weighted by atomic mass is 79.9. The van der Waals surface area contributed by atoms with Crippen molar-refractivity contribution < 1.29 is 4.79 Å². The quantitative estimate of drug-likeness (QED) is 0.860. The number of nitrogens with zero attached hydrogens (tertiary/aromatic N) is 1. The van der Waals surface area contributed by atoms with E-state index >= 15 is 0 Å². The zero-order valence-electron chi connectivity index (χ0n) is 12.8. The molecule has 1 aromatic rings. The van der Waals surface area contributed by atoms with E-state index in [1.165, 1.54) is 28.4 Å². The number of carbonyl (C=O) groups excluding carboxylic acids is 1. The van der Waals surface area contributed by atoms with Crippen molar-refractivity contribution in [1.29, 1.82) is 0 Å². The number of amides is 1. The summed E-state index contributed by atoms with van der Waals surface area (Å²) in [6.45, 7) is 3.87. The Bertz CT molecular complexity index is 517. The molecule has 2 aliphatic heterocycles. The number of halogens is 2. The van der Waals surface area contributed by atoms with Crippen LogP contribution in [-0.4, -0.2) is 30.4 Å². The summed E-state index contributed by atoms with van der Waals surface area (Å²) < 4.78 is 1.18. The van der Waals surface area contributed by atoms with Gasteiger partial charge in [0.1, 0.15) is 0 Å². The Morgan fingerprint density at radius 2 is 2.09 bits per heavy atom. The van der Waals surface area contributed by atoms with Crippen LogP contribution in [0.4, 0.5) is 0 Å². The predicted molar refractivity (Wildman–Crippen MR) is 95.3 cm³/mol. The number of benzene rings is 1. The minimum Gasteiger partial charge on any atom is -0.338 e. The smallest absolute Gasteiger partial charge is 0.222 e. The van der Waals surface area contributed by atoms with Crippen LogP contribution in [0.15, 0.2) is 22.7 Å².